The van der Waals surface area contributed by atoms with Gasteiger partial charge in [0.1, 0.15) is 0 Å². The van der Waals surface area contributed by atoms with Crippen molar-refractivity contribution < 1.29 is 9.59 Å². The molecule has 2 amide bonds. The van der Waals surface area contributed by atoms with Crippen molar-refractivity contribution in [3.8, 4) is 0 Å². The zero-order chi connectivity index (χ0) is 19.9. The van der Waals surface area contributed by atoms with E-state index in [1.54, 1.807) is 0 Å². The standard InChI is InChI=1S/C23H33N3O2/c1-16(2)11-13-24-22(27)17-7-9-18(10-8-17)23(28)25-14-12-19-15-26-21-6-4-3-5-20(19)21/h3-6,15-18,26H,7-14H2,1-2H3,(H,24,27)(H,25,28). The third-order valence-corrected chi connectivity index (χ3v) is 5.86. The van der Waals surface area contributed by atoms with Crippen LogP contribution in [0.3, 0.4) is 0 Å². The maximum Gasteiger partial charge on any atom is 0.223 e. The molecule has 1 aromatic heterocycles. The average molecular weight is 384 g/mol. The van der Waals surface area contributed by atoms with Crippen molar-refractivity contribution in [1.82, 2.24) is 15.6 Å². The van der Waals surface area contributed by atoms with E-state index < -0.39 is 0 Å². The highest BCUT2D eigenvalue weighted by molar-refractivity contribution is 5.83. The van der Waals surface area contributed by atoms with Crippen molar-refractivity contribution in [2.75, 3.05) is 13.1 Å². The summed E-state index contributed by atoms with van der Waals surface area (Å²) in [6.45, 7) is 5.73. The van der Waals surface area contributed by atoms with Crippen molar-refractivity contribution >= 4 is 22.7 Å². The van der Waals surface area contributed by atoms with Gasteiger partial charge >= 0.3 is 0 Å². The van der Waals surface area contributed by atoms with E-state index >= 15 is 0 Å². The van der Waals surface area contributed by atoms with Gasteiger partial charge in [-0.15, -0.1) is 0 Å². The SMILES string of the molecule is CC(C)CCNC(=O)C1CCC(C(=O)NCCc2c[nH]c3ccccc23)CC1. The quantitative estimate of drug-likeness (QED) is 0.649. The van der Waals surface area contributed by atoms with E-state index in [4.69, 9.17) is 0 Å². The number of aromatic nitrogens is 1. The summed E-state index contributed by atoms with van der Waals surface area (Å²) in [5.41, 5.74) is 2.37. The molecular weight excluding hydrogens is 350 g/mol. The summed E-state index contributed by atoms with van der Waals surface area (Å²) in [7, 11) is 0. The predicted molar refractivity (Wildman–Crippen MR) is 113 cm³/mol. The number of hydrogen-bond acceptors (Lipinski definition) is 2. The lowest BCUT2D eigenvalue weighted by Crippen LogP contribution is -2.38. The van der Waals surface area contributed by atoms with Gasteiger partial charge in [-0.25, -0.2) is 0 Å². The highest BCUT2D eigenvalue weighted by atomic mass is 16.2. The maximum absolute atomic E-state index is 12.5. The molecule has 0 saturated heterocycles. The largest absolute Gasteiger partial charge is 0.361 e. The molecule has 1 aliphatic rings. The number of carbonyl (C=O) groups excluding carboxylic acids is 2. The van der Waals surface area contributed by atoms with Crippen molar-refractivity contribution in [3.63, 3.8) is 0 Å². The van der Waals surface area contributed by atoms with E-state index in [0.717, 1.165) is 50.6 Å². The molecule has 2 aromatic rings. The number of H-pyrrole nitrogens is 1. The number of carbonyl (C=O) groups is 2. The lowest BCUT2D eigenvalue weighted by Gasteiger charge is -2.27. The summed E-state index contributed by atoms with van der Waals surface area (Å²) in [6, 6.07) is 8.23. The van der Waals surface area contributed by atoms with Crippen molar-refractivity contribution in [2.24, 2.45) is 17.8 Å². The van der Waals surface area contributed by atoms with Crippen LogP contribution in [0.4, 0.5) is 0 Å². The van der Waals surface area contributed by atoms with Crippen LogP contribution in [0.5, 0.6) is 0 Å². The van der Waals surface area contributed by atoms with Crippen LogP contribution in [-0.2, 0) is 16.0 Å². The molecule has 1 fully saturated rings. The molecule has 0 aliphatic heterocycles. The summed E-state index contributed by atoms with van der Waals surface area (Å²) in [6.07, 6.45) is 7.10. The number of para-hydroxylation sites is 1. The smallest absolute Gasteiger partial charge is 0.223 e. The molecule has 1 aromatic carbocycles. The molecule has 1 aliphatic carbocycles. The van der Waals surface area contributed by atoms with E-state index in [2.05, 4.69) is 41.6 Å². The fourth-order valence-corrected chi connectivity index (χ4v) is 4.05. The summed E-state index contributed by atoms with van der Waals surface area (Å²) in [5.74, 6) is 1.02. The number of fused-ring (bicyclic) bond motifs is 1. The van der Waals surface area contributed by atoms with E-state index in [1.165, 1.54) is 10.9 Å². The van der Waals surface area contributed by atoms with Gasteiger partial charge in [-0.1, -0.05) is 32.0 Å². The average Bonchev–Trinajstić information content (AvgIpc) is 3.11. The highest BCUT2D eigenvalue weighted by Crippen LogP contribution is 2.29. The molecule has 0 radical (unpaired) electrons. The van der Waals surface area contributed by atoms with Crippen LogP contribution in [-0.4, -0.2) is 29.9 Å². The Morgan fingerprint density at radius 2 is 1.61 bits per heavy atom. The minimum absolute atomic E-state index is 0.0442. The fraction of sp³-hybridized carbons (Fsp3) is 0.565. The lowest BCUT2D eigenvalue weighted by atomic mass is 9.81. The number of hydrogen-bond donors (Lipinski definition) is 3. The molecule has 1 saturated carbocycles. The van der Waals surface area contributed by atoms with Crippen molar-refractivity contribution in [2.45, 2.75) is 52.4 Å². The van der Waals surface area contributed by atoms with E-state index in [1.807, 2.05) is 18.3 Å². The van der Waals surface area contributed by atoms with Crippen LogP contribution in [0.2, 0.25) is 0 Å². The first kappa shape index (κ1) is 20.4. The molecule has 0 atom stereocenters. The zero-order valence-electron chi connectivity index (χ0n) is 17.1. The summed E-state index contributed by atoms with van der Waals surface area (Å²) < 4.78 is 0. The third-order valence-electron chi connectivity index (χ3n) is 5.86. The second-order valence-electron chi connectivity index (χ2n) is 8.42. The fourth-order valence-electron chi connectivity index (χ4n) is 4.05. The highest BCUT2D eigenvalue weighted by Gasteiger charge is 2.29. The molecule has 28 heavy (non-hydrogen) atoms. The number of benzene rings is 1. The molecule has 0 unspecified atom stereocenters. The molecule has 0 spiro atoms. The Bertz CT molecular complexity index is 788. The van der Waals surface area contributed by atoms with Gasteiger partial charge in [0.25, 0.3) is 0 Å². The van der Waals surface area contributed by atoms with Crippen LogP contribution in [0.25, 0.3) is 10.9 Å². The lowest BCUT2D eigenvalue weighted by molar-refractivity contribution is -0.130. The van der Waals surface area contributed by atoms with Gasteiger partial charge in [-0.05, 0) is 56.1 Å². The Kier molecular flexibility index (Phi) is 7.12. The Morgan fingerprint density at radius 1 is 1.00 bits per heavy atom. The molecule has 3 rings (SSSR count). The normalized spacial score (nSPS) is 19.7. The molecule has 3 N–H and O–H groups in total. The molecule has 5 nitrogen and oxygen atoms in total. The van der Waals surface area contributed by atoms with Crippen LogP contribution in [0, 0.1) is 17.8 Å². The molecular formula is C23H33N3O2. The van der Waals surface area contributed by atoms with Crippen LogP contribution in [0.1, 0.15) is 51.5 Å². The summed E-state index contributed by atoms with van der Waals surface area (Å²) in [4.78, 5) is 28.0. The number of amides is 2. The molecule has 1 heterocycles. The van der Waals surface area contributed by atoms with Crippen LogP contribution >= 0.6 is 0 Å². The summed E-state index contributed by atoms with van der Waals surface area (Å²) in [5, 5.41) is 7.37. The molecule has 0 bridgehead atoms. The van der Waals surface area contributed by atoms with E-state index in [9.17, 15) is 9.59 Å². The second kappa shape index (κ2) is 9.76. The topological polar surface area (TPSA) is 74.0 Å². The zero-order valence-corrected chi connectivity index (χ0v) is 17.1. The Morgan fingerprint density at radius 3 is 2.25 bits per heavy atom. The van der Waals surface area contributed by atoms with Crippen LogP contribution < -0.4 is 10.6 Å². The van der Waals surface area contributed by atoms with Gasteiger partial charge in [-0.2, -0.15) is 0 Å². The maximum atomic E-state index is 12.5. The monoisotopic (exact) mass is 383 g/mol. The summed E-state index contributed by atoms with van der Waals surface area (Å²) >= 11 is 0. The van der Waals surface area contributed by atoms with Gasteiger partial charge in [0.15, 0.2) is 0 Å². The van der Waals surface area contributed by atoms with Gasteiger partial charge in [-0.3, -0.25) is 9.59 Å². The minimum atomic E-state index is 0.0442. The van der Waals surface area contributed by atoms with E-state index in [-0.39, 0.29) is 23.7 Å². The Hall–Kier alpha value is -2.30. The van der Waals surface area contributed by atoms with Gasteiger partial charge in [0, 0.05) is 42.0 Å². The predicted octanol–water partition coefficient (Wildman–Crippen LogP) is 3.80. The van der Waals surface area contributed by atoms with Crippen molar-refractivity contribution in [3.05, 3.63) is 36.0 Å². The number of nitrogens with one attached hydrogen (secondary N) is 3. The van der Waals surface area contributed by atoms with Crippen molar-refractivity contribution in [1.29, 1.82) is 0 Å². The first-order valence-electron chi connectivity index (χ1n) is 10.6. The molecule has 5 heteroatoms. The van der Waals surface area contributed by atoms with Crippen LogP contribution in [0.15, 0.2) is 30.5 Å². The van der Waals surface area contributed by atoms with E-state index in [0.29, 0.717) is 12.5 Å². The first-order chi connectivity index (χ1) is 13.5. The second-order valence-corrected chi connectivity index (χ2v) is 8.42. The number of aromatic amines is 1. The Labute approximate surface area is 167 Å². The third kappa shape index (κ3) is 5.37. The molecule has 152 valence electrons. The number of rotatable bonds is 8. The van der Waals surface area contributed by atoms with Gasteiger partial charge in [0.05, 0.1) is 0 Å². The van der Waals surface area contributed by atoms with Gasteiger partial charge in [0.2, 0.25) is 11.8 Å². The van der Waals surface area contributed by atoms with Gasteiger partial charge < -0.3 is 15.6 Å². The Balaban J connectivity index is 1.37. The first-order valence-corrected chi connectivity index (χ1v) is 10.6. The minimum Gasteiger partial charge on any atom is -0.361 e.